The molecule has 3 heteroatoms. The van der Waals surface area contributed by atoms with Gasteiger partial charge >= 0.3 is 0 Å². The molecule has 1 aromatic heterocycles. The Balaban J connectivity index is 1.84. The summed E-state index contributed by atoms with van der Waals surface area (Å²) in [5, 5.41) is 3.38. The summed E-state index contributed by atoms with van der Waals surface area (Å²) in [6.07, 6.45) is 4.26. The molecule has 1 atom stereocenters. The van der Waals surface area contributed by atoms with Crippen LogP contribution in [0.3, 0.4) is 0 Å². The third-order valence-corrected chi connectivity index (χ3v) is 3.01. The molecule has 0 aliphatic rings. The summed E-state index contributed by atoms with van der Waals surface area (Å²) in [4.78, 5) is 3.99. The van der Waals surface area contributed by atoms with Gasteiger partial charge in [-0.15, -0.1) is 0 Å². The molecule has 2 rings (SSSR count). The van der Waals surface area contributed by atoms with Crippen molar-refractivity contribution in [2.75, 3.05) is 6.54 Å². The molecule has 2 aromatic rings. The Kier molecular flexibility index (Phi) is 4.42. The van der Waals surface area contributed by atoms with Crippen LogP contribution in [0.25, 0.3) is 0 Å². The molecule has 0 aliphatic heterocycles. The van der Waals surface area contributed by atoms with Gasteiger partial charge < -0.3 is 5.32 Å². The largest absolute Gasteiger partial charge is 0.310 e. The fourth-order valence-corrected chi connectivity index (χ4v) is 1.89. The Morgan fingerprint density at radius 3 is 2.61 bits per heavy atom. The van der Waals surface area contributed by atoms with E-state index in [9.17, 15) is 4.39 Å². The van der Waals surface area contributed by atoms with Crippen molar-refractivity contribution in [2.24, 2.45) is 0 Å². The molecule has 0 amide bonds. The van der Waals surface area contributed by atoms with Gasteiger partial charge in [0.15, 0.2) is 0 Å². The van der Waals surface area contributed by atoms with Crippen molar-refractivity contribution in [3.8, 4) is 0 Å². The number of hydrogen-bond donors (Lipinski definition) is 1. The van der Waals surface area contributed by atoms with Crippen LogP contribution in [-0.2, 0) is 6.42 Å². The fraction of sp³-hybridized carbons (Fsp3) is 0.267. The summed E-state index contributed by atoms with van der Waals surface area (Å²) in [7, 11) is 0. The first-order valence-corrected chi connectivity index (χ1v) is 6.14. The van der Waals surface area contributed by atoms with Gasteiger partial charge in [-0.3, -0.25) is 4.98 Å². The highest BCUT2D eigenvalue weighted by atomic mass is 19.1. The molecular weight excluding hydrogens is 227 g/mol. The second kappa shape index (κ2) is 6.26. The second-order valence-corrected chi connectivity index (χ2v) is 4.30. The summed E-state index contributed by atoms with van der Waals surface area (Å²) >= 11 is 0. The van der Waals surface area contributed by atoms with E-state index >= 15 is 0 Å². The Labute approximate surface area is 107 Å². The monoisotopic (exact) mass is 244 g/mol. The lowest BCUT2D eigenvalue weighted by molar-refractivity contribution is 0.559. The average Bonchev–Trinajstić information content (AvgIpc) is 2.42. The molecule has 94 valence electrons. The van der Waals surface area contributed by atoms with E-state index in [0.717, 1.165) is 12.1 Å². The number of rotatable bonds is 5. The van der Waals surface area contributed by atoms with Crippen LogP contribution >= 0.6 is 0 Å². The average molecular weight is 244 g/mol. The highest BCUT2D eigenvalue weighted by Gasteiger charge is 2.05. The first-order chi connectivity index (χ1) is 8.77. The Morgan fingerprint density at radius 2 is 1.89 bits per heavy atom. The highest BCUT2D eigenvalue weighted by molar-refractivity contribution is 5.18. The standard InChI is InChI=1S/C15H17FN2/c1-12(13-6-9-17-10-7-13)18-11-8-14-4-2-3-5-15(14)16/h2-7,9-10,12,18H,8,11H2,1H3. The van der Waals surface area contributed by atoms with Gasteiger partial charge in [-0.1, -0.05) is 18.2 Å². The van der Waals surface area contributed by atoms with Gasteiger partial charge in [0, 0.05) is 18.4 Å². The molecule has 0 bridgehead atoms. The molecular formula is C15H17FN2. The molecule has 2 nitrogen and oxygen atoms in total. The molecule has 0 saturated carbocycles. The summed E-state index contributed by atoms with van der Waals surface area (Å²) in [6.45, 7) is 2.85. The SMILES string of the molecule is CC(NCCc1ccccc1F)c1ccncc1. The number of nitrogens with one attached hydrogen (secondary N) is 1. The molecule has 1 N–H and O–H groups in total. The Bertz CT molecular complexity index is 485. The second-order valence-electron chi connectivity index (χ2n) is 4.30. The lowest BCUT2D eigenvalue weighted by Gasteiger charge is -2.14. The van der Waals surface area contributed by atoms with E-state index in [1.165, 1.54) is 11.6 Å². The molecule has 0 saturated heterocycles. The zero-order chi connectivity index (χ0) is 12.8. The summed E-state index contributed by atoms with van der Waals surface area (Å²) < 4.78 is 13.4. The van der Waals surface area contributed by atoms with Crippen molar-refractivity contribution >= 4 is 0 Å². The maximum Gasteiger partial charge on any atom is 0.126 e. The van der Waals surface area contributed by atoms with Gasteiger partial charge in [0.2, 0.25) is 0 Å². The Morgan fingerprint density at radius 1 is 1.17 bits per heavy atom. The molecule has 1 unspecified atom stereocenters. The predicted octanol–water partition coefficient (Wildman–Crippen LogP) is 3.11. The third kappa shape index (κ3) is 3.37. The zero-order valence-corrected chi connectivity index (χ0v) is 10.4. The van der Waals surface area contributed by atoms with Crippen molar-refractivity contribution in [3.63, 3.8) is 0 Å². The highest BCUT2D eigenvalue weighted by Crippen LogP contribution is 2.11. The maximum absolute atomic E-state index is 13.4. The van der Waals surface area contributed by atoms with Crippen molar-refractivity contribution in [2.45, 2.75) is 19.4 Å². The van der Waals surface area contributed by atoms with Crippen molar-refractivity contribution in [1.29, 1.82) is 0 Å². The number of halogens is 1. The van der Waals surface area contributed by atoms with Gasteiger partial charge in [0.1, 0.15) is 5.82 Å². The maximum atomic E-state index is 13.4. The van der Waals surface area contributed by atoms with E-state index in [0.29, 0.717) is 6.42 Å². The predicted molar refractivity (Wildman–Crippen MR) is 70.8 cm³/mol. The number of pyridine rings is 1. The quantitative estimate of drug-likeness (QED) is 0.874. The van der Waals surface area contributed by atoms with Gasteiger partial charge in [0.25, 0.3) is 0 Å². The van der Waals surface area contributed by atoms with Crippen molar-refractivity contribution < 1.29 is 4.39 Å². The molecule has 0 radical (unpaired) electrons. The van der Waals surface area contributed by atoms with Gasteiger partial charge in [-0.25, -0.2) is 4.39 Å². The van der Waals surface area contributed by atoms with Crippen LogP contribution in [0.4, 0.5) is 4.39 Å². The minimum absolute atomic E-state index is 0.129. The first-order valence-electron chi connectivity index (χ1n) is 6.14. The van der Waals surface area contributed by atoms with Crippen molar-refractivity contribution in [3.05, 3.63) is 65.7 Å². The topological polar surface area (TPSA) is 24.9 Å². The molecule has 0 fully saturated rings. The fourth-order valence-electron chi connectivity index (χ4n) is 1.89. The number of hydrogen-bond acceptors (Lipinski definition) is 2. The zero-order valence-electron chi connectivity index (χ0n) is 10.4. The van der Waals surface area contributed by atoms with E-state index in [2.05, 4.69) is 17.2 Å². The van der Waals surface area contributed by atoms with E-state index in [4.69, 9.17) is 0 Å². The molecule has 0 spiro atoms. The van der Waals surface area contributed by atoms with E-state index in [-0.39, 0.29) is 11.9 Å². The first kappa shape index (κ1) is 12.7. The number of nitrogens with zero attached hydrogens (tertiary/aromatic N) is 1. The van der Waals surface area contributed by atoms with E-state index in [1.54, 1.807) is 18.5 Å². The van der Waals surface area contributed by atoms with Crippen LogP contribution < -0.4 is 5.32 Å². The van der Waals surface area contributed by atoms with Crippen LogP contribution in [0.2, 0.25) is 0 Å². The smallest absolute Gasteiger partial charge is 0.126 e. The number of aromatic nitrogens is 1. The van der Waals surface area contributed by atoms with Gasteiger partial charge in [-0.2, -0.15) is 0 Å². The van der Waals surface area contributed by atoms with E-state index in [1.807, 2.05) is 24.3 Å². The van der Waals surface area contributed by atoms with Crippen LogP contribution in [0.5, 0.6) is 0 Å². The molecule has 18 heavy (non-hydrogen) atoms. The Hall–Kier alpha value is -1.74. The molecule has 0 aliphatic carbocycles. The van der Waals surface area contributed by atoms with Crippen LogP contribution in [0.15, 0.2) is 48.8 Å². The summed E-state index contributed by atoms with van der Waals surface area (Å²) in [5.74, 6) is -0.129. The lowest BCUT2D eigenvalue weighted by Crippen LogP contribution is -2.21. The summed E-state index contributed by atoms with van der Waals surface area (Å²) in [5.41, 5.74) is 1.95. The van der Waals surface area contributed by atoms with Crippen molar-refractivity contribution in [1.82, 2.24) is 10.3 Å². The van der Waals surface area contributed by atoms with Gasteiger partial charge in [0.05, 0.1) is 0 Å². The summed E-state index contributed by atoms with van der Waals surface area (Å²) in [6, 6.07) is 11.1. The molecule has 1 heterocycles. The third-order valence-electron chi connectivity index (χ3n) is 3.01. The number of benzene rings is 1. The van der Waals surface area contributed by atoms with Crippen LogP contribution in [-0.4, -0.2) is 11.5 Å². The van der Waals surface area contributed by atoms with Crippen LogP contribution in [0.1, 0.15) is 24.1 Å². The minimum atomic E-state index is -0.129. The lowest BCUT2D eigenvalue weighted by atomic mass is 10.1. The van der Waals surface area contributed by atoms with Gasteiger partial charge in [-0.05, 0) is 49.2 Å². The molecule has 1 aromatic carbocycles. The normalized spacial score (nSPS) is 12.3. The minimum Gasteiger partial charge on any atom is -0.310 e. The van der Waals surface area contributed by atoms with E-state index < -0.39 is 0 Å². The van der Waals surface area contributed by atoms with Crippen LogP contribution in [0, 0.1) is 5.82 Å².